The van der Waals surface area contributed by atoms with Crippen LogP contribution in [0.15, 0.2) is 67.1 Å². The highest BCUT2D eigenvalue weighted by Crippen LogP contribution is 2.42. The molecule has 0 radical (unpaired) electrons. The molecule has 37 heavy (non-hydrogen) atoms. The Hall–Kier alpha value is -4.11. The van der Waals surface area contributed by atoms with E-state index in [2.05, 4.69) is 25.5 Å². The third-order valence-corrected chi connectivity index (χ3v) is 7.23. The van der Waals surface area contributed by atoms with Gasteiger partial charge in [-0.1, -0.05) is 36.6 Å². The predicted molar refractivity (Wildman–Crippen MR) is 139 cm³/mol. The summed E-state index contributed by atoms with van der Waals surface area (Å²) in [6.45, 7) is 1.86. The number of anilines is 1. The molecule has 5 aromatic rings. The number of amides is 1. The van der Waals surface area contributed by atoms with Crippen LogP contribution in [-0.4, -0.2) is 35.4 Å². The summed E-state index contributed by atoms with van der Waals surface area (Å²) in [7, 11) is 0. The van der Waals surface area contributed by atoms with Crippen molar-refractivity contribution in [2.75, 3.05) is 5.32 Å². The summed E-state index contributed by atoms with van der Waals surface area (Å²) in [6, 6.07) is 15.4. The summed E-state index contributed by atoms with van der Waals surface area (Å²) >= 11 is 6.11. The van der Waals surface area contributed by atoms with Crippen LogP contribution in [0, 0.1) is 12.7 Å². The minimum absolute atomic E-state index is 0.0826. The molecule has 2 aromatic carbocycles. The topological polar surface area (TPSA) is 90.5 Å². The number of aromatic nitrogens is 6. The zero-order valence-electron chi connectivity index (χ0n) is 20.0. The van der Waals surface area contributed by atoms with Gasteiger partial charge in [0.05, 0.1) is 28.4 Å². The molecule has 1 amide bonds. The standard InChI is InChI=1S/C27H23ClFN7O/c1-17-14-23(33-26(37)27(12-2-3-13-27)18-4-6-19(28)7-5-18)36(34-17)25-22-15-32-35(24(22)30-16-31-25)21-10-8-20(29)9-11-21/h4-11,14-16H,2-3,12-13H2,1H3,(H,33,37). The highest BCUT2D eigenvalue weighted by Gasteiger charge is 2.43. The lowest BCUT2D eigenvalue weighted by Gasteiger charge is -2.28. The Balaban J connectivity index is 1.39. The first-order valence-corrected chi connectivity index (χ1v) is 12.4. The van der Waals surface area contributed by atoms with Gasteiger partial charge in [0.1, 0.15) is 18.0 Å². The average molecular weight is 516 g/mol. The van der Waals surface area contributed by atoms with Crippen LogP contribution in [0.2, 0.25) is 5.02 Å². The summed E-state index contributed by atoms with van der Waals surface area (Å²) in [5, 5.41) is 13.5. The van der Waals surface area contributed by atoms with E-state index in [0.29, 0.717) is 33.4 Å². The monoisotopic (exact) mass is 515 g/mol. The van der Waals surface area contributed by atoms with Gasteiger partial charge < -0.3 is 5.32 Å². The zero-order chi connectivity index (χ0) is 25.6. The van der Waals surface area contributed by atoms with Crippen LogP contribution in [0.4, 0.5) is 10.2 Å². The van der Waals surface area contributed by atoms with Gasteiger partial charge in [-0.15, -0.1) is 0 Å². The largest absolute Gasteiger partial charge is 0.310 e. The van der Waals surface area contributed by atoms with Crippen LogP contribution in [0.25, 0.3) is 22.5 Å². The second-order valence-corrected chi connectivity index (χ2v) is 9.74. The van der Waals surface area contributed by atoms with E-state index in [9.17, 15) is 9.18 Å². The number of carbonyl (C=O) groups excluding carboxylic acids is 1. The lowest BCUT2D eigenvalue weighted by Crippen LogP contribution is -2.38. The molecule has 0 saturated heterocycles. The van der Waals surface area contributed by atoms with Crippen LogP contribution in [-0.2, 0) is 10.2 Å². The molecule has 3 aromatic heterocycles. The van der Waals surface area contributed by atoms with Crippen LogP contribution >= 0.6 is 11.6 Å². The van der Waals surface area contributed by atoms with Crippen LogP contribution in [0.1, 0.15) is 36.9 Å². The first-order chi connectivity index (χ1) is 17.9. The molecular weight excluding hydrogens is 493 g/mol. The summed E-state index contributed by atoms with van der Waals surface area (Å²) in [5.74, 6) is 0.577. The van der Waals surface area contributed by atoms with Gasteiger partial charge in [-0.25, -0.2) is 19.0 Å². The maximum Gasteiger partial charge on any atom is 0.236 e. The fourth-order valence-corrected chi connectivity index (χ4v) is 5.28. The molecule has 186 valence electrons. The summed E-state index contributed by atoms with van der Waals surface area (Å²) in [6.07, 6.45) is 6.54. The van der Waals surface area contributed by atoms with Crippen molar-refractivity contribution in [3.8, 4) is 11.5 Å². The number of nitrogens with zero attached hydrogens (tertiary/aromatic N) is 6. The molecule has 1 saturated carbocycles. The number of benzene rings is 2. The first kappa shape index (κ1) is 23.3. The van der Waals surface area contributed by atoms with Crippen molar-refractivity contribution in [2.45, 2.75) is 38.0 Å². The van der Waals surface area contributed by atoms with Crippen molar-refractivity contribution < 1.29 is 9.18 Å². The number of carbonyl (C=O) groups is 1. The summed E-state index contributed by atoms with van der Waals surface area (Å²) < 4.78 is 16.7. The molecule has 1 aliphatic rings. The molecular formula is C27H23ClFN7O. The van der Waals surface area contributed by atoms with Crippen molar-refractivity contribution in [3.05, 3.63) is 89.2 Å². The molecule has 6 rings (SSSR count). The number of rotatable bonds is 5. The highest BCUT2D eigenvalue weighted by molar-refractivity contribution is 6.30. The summed E-state index contributed by atoms with van der Waals surface area (Å²) in [4.78, 5) is 22.7. The second kappa shape index (κ2) is 9.08. The molecule has 1 fully saturated rings. The third kappa shape index (κ3) is 4.05. The Bertz CT molecular complexity index is 1600. The first-order valence-electron chi connectivity index (χ1n) is 12.0. The van der Waals surface area contributed by atoms with E-state index >= 15 is 0 Å². The number of fused-ring (bicyclic) bond motifs is 1. The van der Waals surface area contributed by atoms with E-state index in [1.165, 1.54) is 18.5 Å². The maximum absolute atomic E-state index is 13.8. The Morgan fingerprint density at radius 3 is 2.49 bits per heavy atom. The maximum atomic E-state index is 13.8. The number of halogens is 2. The predicted octanol–water partition coefficient (Wildman–Crippen LogP) is 5.55. The minimum Gasteiger partial charge on any atom is -0.310 e. The smallest absolute Gasteiger partial charge is 0.236 e. The lowest BCUT2D eigenvalue weighted by atomic mass is 9.78. The third-order valence-electron chi connectivity index (χ3n) is 6.98. The number of aryl methyl sites for hydroxylation is 1. The van der Waals surface area contributed by atoms with Crippen molar-refractivity contribution in [2.24, 2.45) is 0 Å². The highest BCUT2D eigenvalue weighted by atomic mass is 35.5. The Kier molecular flexibility index (Phi) is 5.72. The Labute approximate surface area is 217 Å². The van der Waals surface area contributed by atoms with E-state index in [0.717, 1.165) is 36.9 Å². The van der Waals surface area contributed by atoms with Crippen LogP contribution < -0.4 is 5.32 Å². The van der Waals surface area contributed by atoms with Gasteiger partial charge in [-0.3, -0.25) is 4.79 Å². The van der Waals surface area contributed by atoms with Gasteiger partial charge >= 0.3 is 0 Å². The molecule has 0 atom stereocenters. The van der Waals surface area contributed by atoms with E-state index in [4.69, 9.17) is 11.6 Å². The van der Waals surface area contributed by atoms with Crippen molar-refractivity contribution in [3.63, 3.8) is 0 Å². The average Bonchev–Trinajstić information content (AvgIpc) is 3.64. The molecule has 0 unspecified atom stereocenters. The Morgan fingerprint density at radius 1 is 1.03 bits per heavy atom. The normalized spacial score (nSPS) is 14.8. The van der Waals surface area contributed by atoms with Crippen molar-refractivity contribution >= 4 is 34.4 Å². The van der Waals surface area contributed by atoms with Gasteiger partial charge in [-0.2, -0.15) is 14.9 Å². The van der Waals surface area contributed by atoms with Gasteiger partial charge in [0, 0.05) is 11.1 Å². The molecule has 0 aliphatic heterocycles. The minimum atomic E-state index is -0.637. The second-order valence-electron chi connectivity index (χ2n) is 9.30. The quantitative estimate of drug-likeness (QED) is 0.331. The van der Waals surface area contributed by atoms with Gasteiger partial charge in [-0.05, 0) is 61.7 Å². The van der Waals surface area contributed by atoms with Crippen molar-refractivity contribution in [1.82, 2.24) is 29.5 Å². The van der Waals surface area contributed by atoms with E-state index in [1.807, 2.05) is 37.3 Å². The van der Waals surface area contributed by atoms with E-state index in [-0.39, 0.29) is 11.7 Å². The molecule has 0 bridgehead atoms. The van der Waals surface area contributed by atoms with Gasteiger partial charge in [0.25, 0.3) is 0 Å². The lowest BCUT2D eigenvalue weighted by molar-refractivity contribution is -0.121. The van der Waals surface area contributed by atoms with Gasteiger partial charge in [0.15, 0.2) is 11.5 Å². The zero-order valence-corrected chi connectivity index (χ0v) is 20.8. The number of nitrogens with one attached hydrogen (secondary N) is 1. The molecule has 1 N–H and O–H groups in total. The fraction of sp³-hybridized carbons (Fsp3) is 0.222. The molecule has 8 nitrogen and oxygen atoms in total. The number of hydrogen-bond donors (Lipinski definition) is 1. The van der Waals surface area contributed by atoms with Crippen LogP contribution in [0.3, 0.4) is 0 Å². The SMILES string of the molecule is Cc1cc(NC(=O)C2(c3ccc(Cl)cc3)CCCC2)n(-c2ncnc3c2cnn3-c2ccc(F)cc2)n1. The fourth-order valence-electron chi connectivity index (χ4n) is 5.15. The van der Waals surface area contributed by atoms with Crippen molar-refractivity contribution in [1.29, 1.82) is 0 Å². The Morgan fingerprint density at radius 2 is 1.76 bits per heavy atom. The summed E-state index contributed by atoms with van der Waals surface area (Å²) in [5.41, 5.74) is 2.25. The molecule has 10 heteroatoms. The molecule has 3 heterocycles. The van der Waals surface area contributed by atoms with E-state index in [1.54, 1.807) is 27.7 Å². The van der Waals surface area contributed by atoms with E-state index < -0.39 is 5.41 Å². The molecule has 1 aliphatic carbocycles. The van der Waals surface area contributed by atoms with Crippen LogP contribution in [0.5, 0.6) is 0 Å². The number of hydrogen-bond acceptors (Lipinski definition) is 5. The van der Waals surface area contributed by atoms with Gasteiger partial charge in [0.2, 0.25) is 5.91 Å². The molecule has 0 spiro atoms.